The summed E-state index contributed by atoms with van der Waals surface area (Å²) in [5, 5.41) is 0.993. The number of hydrogen-bond acceptors (Lipinski definition) is 3. The minimum Gasteiger partial charge on any atom is -0.430 e. The van der Waals surface area contributed by atoms with Crippen LogP contribution in [0.1, 0.15) is 10.5 Å². The standard InChI is InChI=1S/C12H9NO2/c1-2-15-12(14)11-8-7-9-5-3-4-6-10(9)13-11/h2-8H,1H2. The van der Waals surface area contributed by atoms with Gasteiger partial charge in [0.15, 0.2) is 0 Å². The number of carbonyl (C=O) groups excluding carboxylic acids is 1. The number of carbonyl (C=O) groups is 1. The third-order valence-corrected chi connectivity index (χ3v) is 2.00. The highest BCUT2D eigenvalue weighted by Crippen LogP contribution is 2.12. The maximum absolute atomic E-state index is 11.3. The van der Waals surface area contributed by atoms with Gasteiger partial charge in [0.1, 0.15) is 5.69 Å². The van der Waals surface area contributed by atoms with Crippen LogP contribution in [-0.4, -0.2) is 11.0 Å². The van der Waals surface area contributed by atoms with Gasteiger partial charge in [0.05, 0.1) is 11.8 Å². The van der Waals surface area contributed by atoms with Crippen molar-refractivity contribution < 1.29 is 9.53 Å². The maximum Gasteiger partial charge on any atom is 0.361 e. The molecule has 0 aliphatic rings. The van der Waals surface area contributed by atoms with Gasteiger partial charge in [-0.3, -0.25) is 0 Å². The lowest BCUT2D eigenvalue weighted by atomic mass is 10.2. The molecule has 0 bridgehead atoms. The summed E-state index contributed by atoms with van der Waals surface area (Å²) in [5.74, 6) is -0.490. The van der Waals surface area contributed by atoms with Crippen LogP contribution in [0.25, 0.3) is 10.9 Å². The second-order valence-corrected chi connectivity index (χ2v) is 2.96. The quantitative estimate of drug-likeness (QED) is 0.551. The Morgan fingerprint density at radius 1 is 1.27 bits per heavy atom. The molecular weight excluding hydrogens is 190 g/mol. The summed E-state index contributed by atoms with van der Waals surface area (Å²) in [6.45, 7) is 3.32. The number of esters is 1. The van der Waals surface area contributed by atoms with E-state index in [1.54, 1.807) is 6.07 Å². The van der Waals surface area contributed by atoms with Gasteiger partial charge >= 0.3 is 5.97 Å². The summed E-state index contributed by atoms with van der Waals surface area (Å²) in [7, 11) is 0. The summed E-state index contributed by atoms with van der Waals surface area (Å²) in [6.07, 6.45) is 1.10. The van der Waals surface area contributed by atoms with Crippen LogP contribution in [0.2, 0.25) is 0 Å². The summed E-state index contributed by atoms with van der Waals surface area (Å²) >= 11 is 0. The number of rotatable bonds is 2. The van der Waals surface area contributed by atoms with Gasteiger partial charge in [-0.1, -0.05) is 30.8 Å². The fourth-order valence-corrected chi connectivity index (χ4v) is 1.32. The van der Waals surface area contributed by atoms with E-state index in [4.69, 9.17) is 0 Å². The summed E-state index contributed by atoms with van der Waals surface area (Å²) in [4.78, 5) is 15.5. The molecule has 1 heterocycles. The molecule has 0 aliphatic heterocycles. The Morgan fingerprint density at radius 2 is 2.07 bits per heavy atom. The Labute approximate surface area is 87.0 Å². The van der Waals surface area contributed by atoms with Gasteiger partial charge in [0.2, 0.25) is 0 Å². The Bertz CT molecular complexity index is 520. The van der Waals surface area contributed by atoms with E-state index in [9.17, 15) is 4.79 Å². The minimum atomic E-state index is -0.490. The van der Waals surface area contributed by atoms with E-state index in [0.717, 1.165) is 17.2 Å². The molecule has 0 atom stereocenters. The van der Waals surface area contributed by atoms with Gasteiger partial charge in [-0.25, -0.2) is 9.78 Å². The number of nitrogens with zero attached hydrogens (tertiary/aromatic N) is 1. The SMILES string of the molecule is C=COC(=O)c1ccc2ccccc2n1. The number of benzene rings is 1. The fourth-order valence-electron chi connectivity index (χ4n) is 1.32. The topological polar surface area (TPSA) is 39.2 Å². The molecule has 3 nitrogen and oxygen atoms in total. The average molecular weight is 199 g/mol. The summed E-state index contributed by atoms with van der Waals surface area (Å²) in [5.41, 5.74) is 1.06. The molecule has 15 heavy (non-hydrogen) atoms. The lowest BCUT2D eigenvalue weighted by molar-refractivity contribution is 0.0658. The monoisotopic (exact) mass is 199 g/mol. The van der Waals surface area contributed by atoms with Crippen molar-refractivity contribution >= 4 is 16.9 Å². The third kappa shape index (κ3) is 1.86. The van der Waals surface area contributed by atoms with Gasteiger partial charge in [0, 0.05) is 5.39 Å². The van der Waals surface area contributed by atoms with Gasteiger partial charge in [-0.15, -0.1) is 0 Å². The largest absolute Gasteiger partial charge is 0.430 e. The molecule has 0 amide bonds. The van der Waals surface area contributed by atoms with Crippen molar-refractivity contribution in [1.29, 1.82) is 0 Å². The summed E-state index contributed by atoms with van der Waals surface area (Å²) < 4.78 is 4.64. The van der Waals surface area contributed by atoms with Crippen LogP contribution >= 0.6 is 0 Å². The van der Waals surface area contributed by atoms with E-state index in [-0.39, 0.29) is 5.69 Å². The first kappa shape index (κ1) is 9.40. The second kappa shape index (κ2) is 3.92. The summed E-state index contributed by atoms with van der Waals surface area (Å²) in [6, 6.07) is 11.0. The molecule has 74 valence electrons. The normalized spacial score (nSPS) is 9.87. The lowest BCUT2D eigenvalue weighted by Crippen LogP contribution is -2.03. The highest BCUT2D eigenvalue weighted by molar-refractivity contribution is 5.91. The molecule has 2 aromatic rings. The van der Waals surface area contributed by atoms with Crippen molar-refractivity contribution in [1.82, 2.24) is 4.98 Å². The molecule has 2 rings (SSSR count). The number of para-hydroxylation sites is 1. The maximum atomic E-state index is 11.3. The first-order valence-corrected chi connectivity index (χ1v) is 4.49. The van der Waals surface area contributed by atoms with Crippen molar-refractivity contribution in [3.05, 3.63) is 54.9 Å². The van der Waals surface area contributed by atoms with Crippen molar-refractivity contribution in [2.75, 3.05) is 0 Å². The molecule has 0 spiro atoms. The molecule has 1 aromatic heterocycles. The second-order valence-electron chi connectivity index (χ2n) is 2.96. The van der Waals surface area contributed by atoms with Crippen LogP contribution in [0.4, 0.5) is 0 Å². The molecule has 1 aromatic carbocycles. The van der Waals surface area contributed by atoms with Crippen molar-refractivity contribution in [3.63, 3.8) is 0 Å². The Hall–Kier alpha value is -2.16. The molecule has 0 saturated carbocycles. The van der Waals surface area contributed by atoms with Gasteiger partial charge in [0.25, 0.3) is 0 Å². The number of ether oxygens (including phenoxy) is 1. The van der Waals surface area contributed by atoms with E-state index in [1.807, 2.05) is 30.3 Å². The zero-order chi connectivity index (χ0) is 10.7. The molecule has 0 saturated heterocycles. The predicted octanol–water partition coefficient (Wildman–Crippen LogP) is 2.54. The highest BCUT2D eigenvalue weighted by atomic mass is 16.5. The van der Waals surface area contributed by atoms with Crippen LogP contribution in [0, 0.1) is 0 Å². The molecule has 0 fully saturated rings. The first-order chi connectivity index (χ1) is 7.31. The van der Waals surface area contributed by atoms with Crippen LogP contribution in [0.3, 0.4) is 0 Å². The molecule has 0 radical (unpaired) electrons. The smallest absolute Gasteiger partial charge is 0.361 e. The lowest BCUT2D eigenvalue weighted by Gasteiger charge is -2.00. The molecule has 0 N–H and O–H groups in total. The van der Waals surface area contributed by atoms with Crippen LogP contribution in [0.5, 0.6) is 0 Å². The fraction of sp³-hybridized carbons (Fsp3) is 0. The van der Waals surface area contributed by atoms with Crippen molar-refractivity contribution in [3.8, 4) is 0 Å². The van der Waals surface area contributed by atoms with Gasteiger partial charge in [-0.05, 0) is 12.1 Å². The third-order valence-electron chi connectivity index (χ3n) is 2.00. The number of fused-ring (bicyclic) bond motifs is 1. The van der Waals surface area contributed by atoms with Gasteiger partial charge in [-0.2, -0.15) is 0 Å². The van der Waals surface area contributed by atoms with Crippen LogP contribution in [-0.2, 0) is 4.74 Å². The number of aromatic nitrogens is 1. The minimum absolute atomic E-state index is 0.286. The number of pyridine rings is 1. The first-order valence-electron chi connectivity index (χ1n) is 4.49. The molecule has 0 aliphatic carbocycles. The zero-order valence-electron chi connectivity index (χ0n) is 8.01. The average Bonchev–Trinajstić information content (AvgIpc) is 2.29. The molecule has 0 unspecified atom stereocenters. The molecular formula is C12H9NO2. The number of hydrogen-bond donors (Lipinski definition) is 0. The Balaban J connectivity index is 2.46. The molecule has 3 heteroatoms. The van der Waals surface area contributed by atoms with E-state index in [0.29, 0.717) is 0 Å². The predicted molar refractivity (Wildman–Crippen MR) is 57.4 cm³/mol. The van der Waals surface area contributed by atoms with Crippen molar-refractivity contribution in [2.24, 2.45) is 0 Å². The highest BCUT2D eigenvalue weighted by Gasteiger charge is 2.07. The van der Waals surface area contributed by atoms with E-state index in [1.165, 1.54) is 0 Å². The van der Waals surface area contributed by atoms with Crippen LogP contribution < -0.4 is 0 Å². The van der Waals surface area contributed by atoms with E-state index < -0.39 is 5.97 Å². The zero-order valence-corrected chi connectivity index (χ0v) is 8.01. The van der Waals surface area contributed by atoms with Crippen molar-refractivity contribution in [2.45, 2.75) is 0 Å². The van der Waals surface area contributed by atoms with Crippen LogP contribution in [0.15, 0.2) is 49.2 Å². The Morgan fingerprint density at radius 3 is 2.87 bits per heavy atom. The van der Waals surface area contributed by atoms with E-state index >= 15 is 0 Å². The van der Waals surface area contributed by atoms with E-state index in [2.05, 4.69) is 16.3 Å². The van der Waals surface area contributed by atoms with Gasteiger partial charge < -0.3 is 4.74 Å². The Kier molecular flexibility index (Phi) is 2.46.